The molecule has 3 N–H and O–H groups in total. The van der Waals surface area contributed by atoms with E-state index >= 15 is 0 Å². The van der Waals surface area contributed by atoms with Crippen molar-refractivity contribution >= 4 is 11.6 Å². The number of nitriles is 1. The Morgan fingerprint density at radius 1 is 0.909 bits per heavy atom. The summed E-state index contributed by atoms with van der Waals surface area (Å²) in [5.41, 5.74) is 7.29. The van der Waals surface area contributed by atoms with E-state index in [0.717, 1.165) is 83.6 Å². The zero-order chi connectivity index (χ0) is 38.7. The lowest BCUT2D eigenvalue weighted by molar-refractivity contribution is -0.112. The van der Waals surface area contributed by atoms with Crippen LogP contribution in [-0.2, 0) is 24.5 Å². The van der Waals surface area contributed by atoms with Crippen molar-refractivity contribution in [2.45, 2.75) is 77.7 Å². The lowest BCUT2D eigenvalue weighted by atomic mass is 9.93. The molecule has 0 amide bonds. The number of benzene rings is 3. The van der Waals surface area contributed by atoms with Crippen LogP contribution in [-0.4, -0.2) is 94.5 Å². The number of aromatic nitrogens is 1. The minimum Gasteiger partial charge on any atom is -0.493 e. The summed E-state index contributed by atoms with van der Waals surface area (Å²) >= 11 is 6.88. The van der Waals surface area contributed by atoms with E-state index in [9.17, 15) is 20.6 Å². The summed E-state index contributed by atoms with van der Waals surface area (Å²) in [5.74, 6) is 1.85. The molecule has 1 aromatic heterocycles. The van der Waals surface area contributed by atoms with Crippen molar-refractivity contribution in [2.75, 3.05) is 46.1 Å². The Morgan fingerprint density at radius 3 is 2.51 bits per heavy atom. The first-order chi connectivity index (χ1) is 26.7. The number of rotatable bonds is 16. The maximum absolute atomic E-state index is 10.1. The van der Waals surface area contributed by atoms with Crippen molar-refractivity contribution in [2.24, 2.45) is 0 Å². The summed E-state index contributed by atoms with van der Waals surface area (Å²) < 4.78 is 24.5. The van der Waals surface area contributed by atoms with E-state index in [0.29, 0.717) is 54.9 Å². The van der Waals surface area contributed by atoms with Crippen LogP contribution in [0.5, 0.6) is 17.2 Å². The van der Waals surface area contributed by atoms with Gasteiger partial charge in [0.25, 0.3) is 0 Å². The maximum atomic E-state index is 10.1. The van der Waals surface area contributed by atoms with Gasteiger partial charge >= 0.3 is 0 Å². The molecular formula is C43H51ClN4O7. The summed E-state index contributed by atoms with van der Waals surface area (Å²) in [6, 6.07) is 19.5. The molecule has 12 heteroatoms. The van der Waals surface area contributed by atoms with E-state index < -0.39 is 6.29 Å². The molecule has 3 aromatic carbocycles. The molecular weight excluding hydrogens is 720 g/mol. The quantitative estimate of drug-likeness (QED) is 0.0890. The van der Waals surface area contributed by atoms with Gasteiger partial charge in [0.1, 0.15) is 36.5 Å². The van der Waals surface area contributed by atoms with E-state index in [1.165, 1.54) is 6.20 Å². The summed E-state index contributed by atoms with van der Waals surface area (Å²) in [4.78, 5) is 8.49. The third kappa shape index (κ3) is 10.3. The standard InChI is InChI=1S/C43H51ClN4O7/c1-29-33(8-5-9-36(29)37-10-6-12-40(30(37)2)53-16-7-14-47-15-17-52-28-35(47)25-49)27-55-42-20-41(54-26-32-18-31(21-45)22-46-23-32)34(19-38(42)44)24-48-13-4-3-11-39(48)43(50)51/h5-6,8-10,12,18-20,22-23,35,39,43,49-51H,3-4,7,11,13-17,24-28H2,1-2H3/t35?,39-/m0/s1. The van der Waals surface area contributed by atoms with E-state index in [-0.39, 0.29) is 31.9 Å². The van der Waals surface area contributed by atoms with E-state index in [4.69, 9.17) is 30.5 Å². The van der Waals surface area contributed by atoms with Gasteiger partial charge in [0.15, 0.2) is 6.29 Å². The smallest absolute Gasteiger partial charge is 0.167 e. The van der Waals surface area contributed by atoms with Gasteiger partial charge in [0.05, 0.1) is 49.1 Å². The predicted octanol–water partition coefficient (Wildman–Crippen LogP) is 6.18. The molecule has 4 aromatic rings. The third-order valence-corrected chi connectivity index (χ3v) is 10.9. The number of aliphatic hydroxyl groups excluding tert-OH is 2. The summed E-state index contributed by atoms with van der Waals surface area (Å²) in [6.45, 7) is 9.32. The first kappa shape index (κ1) is 40.4. The molecule has 2 aliphatic heterocycles. The molecule has 292 valence electrons. The van der Waals surface area contributed by atoms with Gasteiger partial charge in [0, 0.05) is 49.2 Å². The van der Waals surface area contributed by atoms with Crippen LogP contribution in [0.1, 0.15) is 59.1 Å². The van der Waals surface area contributed by atoms with Gasteiger partial charge in [-0.05, 0) is 85.7 Å². The highest BCUT2D eigenvalue weighted by molar-refractivity contribution is 6.32. The zero-order valence-corrected chi connectivity index (χ0v) is 32.4. The minimum atomic E-state index is -1.45. The van der Waals surface area contributed by atoms with Crippen LogP contribution in [0.15, 0.2) is 67.0 Å². The number of likely N-dealkylation sites (tertiary alicyclic amines) is 1. The SMILES string of the molecule is Cc1c(COc2cc(OCc3cncc(C#N)c3)c(CN3CCCC[C@H]3C(O)O)cc2Cl)cccc1-c1cccc(OCCCN2CCOCC2CO)c1C. The maximum Gasteiger partial charge on any atom is 0.167 e. The molecule has 2 saturated heterocycles. The fraction of sp³-hybridized carbons (Fsp3) is 0.442. The highest BCUT2D eigenvalue weighted by Gasteiger charge is 2.29. The van der Waals surface area contributed by atoms with Crippen molar-refractivity contribution in [1.82, 2.24) is 14.8 Å². The Bertz CT molecular complexity index is 1940. The molecule has 2 fully saturated rings. The first-order valence-corrected chi connectivity index (χ1v) is 19.4. The molecule has 6 rings (SSSR count). The Morgan fingerprint density at radius 2 is 1.71 bits per heavy atom. The highest BCUT2D eigenvalue weighted by Crippen LogP contribution is 2.37. The Hall–Kier alpha value is -4.25. The normalized spacial score (nSPS) is 17.9. The monoisotopic (exact) mass is 770 g/mol. The number of hydrogen-bond donors (Lipinski definition) is 3. The van der Waals surface area contributed by atoms with Crippen molar-refractivity contribution in [3.63, 3.8) is 0 Å². The molecule has 0 spiro atoms. The van der Waals surface area contributed by atoms with Gasteiger partial charge in [-0.25, -0.2) is 0 Å². The van der Waals surface area contributed by atoms with Crippen LogP contribution < -0.4 is 14.2 Å². The van der Waals surface area contributed by atoms with Crippen molar-refractivity contribution in [3.05, 3.63) is 105 Å². The van der Waals surface area contributed by atoms with Crippen molar-refractivity contribution in [3.8, 4) is 34.4 Å². The number of pyridine rings is 1. The topological polar surface area (TPSA) is 141 Å². The van der Waals surface area contributed by atoms with Gasteiger partial charge in [-0.15, -0.1) is 0 Å². The van der Waals surface area contributed by atoms with Crippen LogP contribution in [0.4, 0.5) is 0 Å². The second kappa shape index (κ2) is 19.6. The van der Waals surface area contributed by atoms with E-state index in [1.807, 2.05) is 30.3 Å². The van der Waals surface area contributed by atoms with E-state index in [1.54, 1.807) is 18.3 Å². The van der Waals surface area contributed by atoms with Crippen LogP contribution in [0.3, 0.4) is 0 Å². The first-order valence-electron chi connectivity index (χ1n) is 19.0. The largest absolute Gasteiger partial charge is 0.493 e. The van der Waals surface area contributed by atoms with Gasteiger partial charge in [-0.3, -0.25) is 14.8 Å². The van der Waals surface area contributed by atoms with Crippen LogP contribution >= 0.6 is 11.6 Å². The van der Waals surface area contributed by atoms with Crippen molar-refractivity contribution < 1.29 is 34.3 Å². The number of aliphatic hydroxyl groups is 3. The molecule has 3 heterocycles. The number of nitrogens with zero attached hydrogens (tertiary/aromatic N) is 4. The Labute approximate surface area is 328 Å². The third-order valence-electron chi connectivity index (χ3n) is 10.6. The predicted molar refractivity (Wildman–Crippen MR) is 210 cm³/mol. The molecule has 0 aliphatic carbocycles. The second-order valence-electron chi connectivity index (χ2n) is 14.3. The highest BCUT2D eigenvalue weighted by atomic mass is 35.5. The molecule has 11 nitrogen and oxygen atoms in total. The van der Waals surface area contributed by atoms with Crippen molar-refractivity contribution in [1.29, 1.82) is 5.26 Å². The van der Waals surface area contributed by atoms with Crippen LogP contribution in [0.2, 0.25) is 5.02 Å². The van der Waals surface area contributed by atoms with Gasteiger partial charge in [0.2, 0.25) is 0 Å². The molecule has 1 unspecified atom stereocenters. The van der Waals surface area contributed by atoms with Crippen LogP contribution in [0, 0.1) is 25.2 Å². The van der Waals surface area contributed by atoms with Gasteiger partial charge in [-0.1, -0.05) is 48.4 Å². The van der Waals surface area contributed by atoms with Gasteiger partial charge < -0.3 is 34.3 Å². The molecule has 0 saturated carbocycles. The molecule has 55 heavy (non-hydrogen) atoms. The lowest BCUT2D eigenvalue weighted by Gasteiger charge is -2.37. The lowest BCUT2D eigenvalue weighted by Crippen LogP contribution is -2.47. The molecule has 2 atom stereocenters. The average Bonchev–Trinajstić information content (AvgIpc) is 3.20. The Kier molecular flexibility index (Phi) is 14.4. The molecule has 2 aliphatic rings. The summed E-state index contributed by atoms with van der Waals surface area (Å²) in [6.07, 6.45) is 5.14. The number of morpholine rings is 1. The molecule has 0 bridgehead atoms. The fourth-order valence-corrected chi connectivity index (χ4v) is 7.69. The summed E-state index contributed by atoms with van der Waals surface area (Å²) in [5, 5.41) is 39.7. The number of piperidine rings is 1. The Balaban J connectivity index is 1.17. The number of halogens is 1. The second-order valence-corrected chi connectivity index (χ2v) is 14.7. The number of hydrogen-bond acceptors (Lipinski definition) is 11. The average molecular weight is 771 g/mol. The van der Waals surface area contributed by atoms with Gasteiger partial charge in [-0.2, -0.15) is 5.26 Å². The number of ether oxygens (including phenoxy) is 4. The fourth-order valence-electron chi connectivity index (χ4n) is 7.45. The summed E-state index contributed by atoms with van der Waals surface area (Å²) in [7, 11) is 0. The minimum absolute atomic E-state index is 0.0432. The van der Waals surface area contributed by atoms with E-state index in [2.05, 4.69) is 46.8 Å². The zero-order valence-electron chi connectivity index (χ0n) is 31.6. The molecule has 0 radical (unpaired) electrons. The van der Waals surface area contributed by atoms with Crippen LogP contribution in [0.25, 0.3) is 11.1 Å².